The fourth-order valence-corrected chi connectivity index (χ4v) is 4.66. The average Bonchev–Trinajstić information content (AvgIpc) is 3.37. The van der Waals surface area contributed by atoms with E-state index in [9.17, 15) is 4.79 Å². The van der Waals surface area contributed by atoms with Gasteiger partial charge in [0.25, 0.3) is 0 Å². The summed E-state index contributed by atoms with van der Waals surface area (Å²) in [6.07, 6.45) is 3.16. The van der Waals surface area contributed by atoms with Gasteiger partial charge in [0.2, 0.25) is 5.91 Å². The molecule has 1 aromatic carbocycles. The molecule has 0 saturated carbocycles. The van der Waals surface area contributed by atoms with E-state index in [1.54, 1.807) is 30.0 Å². The van der Waals surface area contributed by atoms with E-state index in [0.717, 1.165) is 32.1 Å². The first-order valence-electron chi connectivity index (χ1n) is 8.47. The Bertz CT molecular complexity index is 1050. The number of carbonyl (C=O) groups is 1. The minimum Gasteiger partial charge on any atom is -0.467 e. The Kier molecular flexibility index (Phi) is 5.22. The summed E-state index contributed by atoms with van der Waals surface area (Å²) in [4.78, 5) is 22.2. The molecule has 1 N–H and O–H groups in total. The number of hydrogen-bond donors (Lipinski definition) is 1. The lowest BCUT2D eigenvalue weighted by Gasteiger charge is -2.12. The number of benzene rings is 1. The van der Waals surface area contributed by atoms with Gasteiger partial charge in [0.15, 0.2) is 0 Å². The first-order valence-corrected chi connectivity index (χ1v) is 10.2. The Labute approximate surface area is 164 Å². The van der Waals surface area contributed by atoms with Crippen molar-refractivity contribution in [2.24, 2.45) is 0 Å². The molecule has 3 aromatic heterocycles. The topological polar surface area (TPSA) is 68.0 Å². The van der Waals surface area contributed by atoms with Gasteiger partial charge in [0.05, 0.1) is 23.4 Å². The Morgan fingerprint density at radius 2 is 2.07 bits per heavy atom. The zero-order chi connectivity index (χ0) is 18.6. The van der Waals surface area contributed by atoms with Crippen LogP contribution in [0.15, 0.2) is 69.9 Å². The maximum absolute atomic E-state index is 12.5. The number of nitrogens with zero attached hydrogens (tertiary/aromatic N) is 2. The number of nitrogens with one attached hydrogen (secondary N) is 1. The highest BCUT2D eigenvalue weighted by Gasteiger charge is 2.19. The third kappa shape index (κ3) is 3.89. The molecule has 0 saturated heterocycles. The molecule has 3 heterocycles. The van der Waals surface area contributed by atoms with Gasteiger partial charge < -0.3 is 9.73 Å². The summed E-state index contributed by atoms with van der Waals surface area (Å²) in [6.45, 7) is 2.26. The number of aromatic nitrogens is 2. The molecule has 0 aliphatic heterocycles. The SMILES string of the molecule is CC(Sc1ncnc2scc(-c3ccccc3)c12)C(=O)NCc1ccco1. The largest absolute Gasteiger partial charge is 0.467 e. The van der Waals surface area contributed by atoms with Gasteiger partial charge in [-0.3, -0.25) is 4.79 Å². The molecule has 4 rings (SSSR count). The maximum Gasteiger partial charge on any atom is 0.233 e. The van der Waals surface area contributed by atoms with Crippen LogP contribution in [0.5, 0.6) is 0 Å². The molecule has 4 aromatic rings. The Morgan fingerprint density at radius 3 is 2.85 bits per heavy atom. The second-order valence-electron chi connectivity index (χ2n) is 5.93. The van der Waals surface area contributed by atoms with Gasteiger partial charge in [-0.1, -0.05) is 42.1 Å². The van der Waals surface area contributed by atoms with Gasteiger partial charge in [-0.2, -0.15) is 0 Å². The summed E-state index contributed by atoms with van der Waals surface area (Å²) in [6, 6.07) is 13.8. The van der Waals surface area contributed by atoms with E-state index >= 15 is 0 Å². The molecule has 0 fully saturated rings. The standard InChI is InChI=1S/C20H17N3O2S2/c1-13(18(24)21-10-15-8-5-9-25-15)27-20-17-16(14-6-3-2-4-7-14)11-26-19(17)22-12-23-20/h2-9,11-13H,10H2,1H3,(H,21,24). The maximum atomic E-state index is 12.5. The van der Waals surface area contributed by atoms with E-state index in [0.29, 0.717) is 6.54 Å². The lowest BCUT2D eigenvalue weighted by molar-refractivity contribution is -0.120. The van der Waals surface area contributed by atoms with Gasteiger partial charge in [-0.05, 0) is 24.6 Å². The number of carbonyl (C=O) groups excluding carboxylic acids is 1. The third-order valence-corrected chi connectivity index (χ3v) is 6.08. The van der Waals surface area contributed by atoms with Crippen molar-refractivity contribution < 1.29 is 9.21 Å². The van der Waals surface area contributed by atoms with Crippen molar-refractivity contribution in [3.63, 3.8) is 0 Å². The van der Waals surface area contributed by atoms with Crippen LogP contribution >= 0.6 is 23.1 Å². The van der Waals surface area contributed by atoms with Gasteiger partial charge in [-0.15, -0.1) is 11.3 Å². The van der Waals surface area contributed by atoms with E-state index in [2.05, 4.69) is 32.8 Å². The molecule has 0 aliphatic carbocycles. The first-order chi connectivity index (χ1) is 13.2. The smallest absolute Gasteiger partial charge is 0.233 e. The van der Waals surface area contributed by atoms with Crippen LogP contribution in [0.25, 0.3) is 21.3 Å². The molecule has 1 unspecified atom stereocenters. The highest BCUT2D eigenvalue weighted by molar-refractivity contribution is 8.00. The van der Waals surface area contributed by atoms with Crippen molar-refractivity contribution >= 4 is 39.2 Å². The van der Waals surface area contributed by atoms with Crippen LogP contribution in [-0.4, -0.2) is 21.1 Å². The van der Waals surface area contributed by atoms with Crippen LogP contribution < -0.4 is 5.32 Å². The molecule has 136 valence electrons. The number of hydrogen-bond acceptors (Lipinski definition) is 6. The zero-order valence-electron chi connectivity index (χ0n) is 14.6. The fourth-order valence-electron chi connectivity index (χ4n) is 2.72. The van der Waals surface area contributed by atoms with Crippen LogP contribution in [-0.2, 0) is 11.3 Å². The quantitative estimate of drug-likeness (QED) is 0.377. The predicted molar refractivity (Wildman–Crippen MR) is 109 cm³/mol. The van der Waals surface area contributed by atoms with Gasteiger partial charge >= 0.3 is 0 Å². The summed E-state index contributed by atoms with van der Waals surface area (Å²) in [5, 5.41) is 6.53. The first kappa shape index (κ1) is 17.8. The third-order valence-electron chi connectivity index (χ3n) is 4.09. The van der Waals surface area contributed by atoms with Gasteiger partial charge in [0.1, 0.15) is 21.9 Å². The minimum absolute atomic E-state index is 0.0559. The highest BCUT2D eigenvalue weighted by atomic mass is 32.2. The average molecular weight is 396 g/mol. The molecule has 5 nitrogen and oxygen atoms in total. The molecule has 0 bridgehead atoms. The molecule has 0 aliphatic rings. The molecule has 0 radical (unpaired) electrons. The van der Waals surface area contributed by atoms with E-state index in [4.69, 9.17) is 4.42 Å². The number of fused-ring (bicyclic) bond motifs is 1. The number of thiophene rings is 1. The summed E-state index contributed by atoms with van der Waals surface area (Å²) in [5.74, 6) is 0.675. The minimum atomic E-state index is -0.290. The fraction of sp³-hybridized carbons (Fsp3) is 0.150. The van der Waals surface area contributed by atoms with Crippen molar-refractivity contribution in [2.75, 3.05) is 0 Å². The van der Waals surface area contributed by atoms with Crippen molar-refractivity contribution in [1.82, 2.24) is 15.3 Å². The monoisotopic (exact) mass is 395 g/mol. The highest BCUT2D eigenvalue weighted by Crippen LogP contribution is 2.38. The Balaban J connectivity index is 1.56. The number of thioether (sulfide) groups is 1. The molecule has 1 atom stereocenters. The van der Waals surface area contributed by atoms with E-state index in [-0.39, 0.29) is 11.2 Å². The summed E-state index contributed by atoms with van der Waals surface area (Å²) in [7, 11) is 0. The van der Waals surface area contributed by atoms with Gasteiger partial charge in [0, 0.05) is 10.9 Å². The van der Waals surface area contributed by atoms with Crippen LogP contribution in [0.2, 0.25) is 0 Å². The summed E-state index contributed by atoms with van der Waals surface area (Å²) in [5.41, 5.74) is 2.22. The zero-order valence-corrected chi connectivity index (χ0v) is 16.2. The number of amides is 1. The van der Waals surface area contributed by atoms with Gasteiger partial charge in [-0.25, -0.2) is 9.97 Å². The van der Waals surface area contributed by atoms with E-state index < -0.39 is 0 Å². The summed E-state index contributed by atoms with van der Waals surface area (Å²) < 4.78 is 5.25. The molecule has 0 spiro atoms. The predicted octanol–water partition coefficient (Wildman–Crippen LogP) is 4.75. The lowest BCUT2D eigenvalue weighted by atomic mass is 10.1. The van der Waals surface area contributed by atoms with Crippen LogP contribution in [0.1, 0.15) is 12.7 Å². The normalized spacial score (nSPS) is 12.2. The van der Waals surface area contributed by atoms with Crippen molar-refractivity contribution in [3.05, 3.63) is 66.2 Å². The molecule has 27 heavy (non-hydrogen) atoms. The van der Waals surface area contributed by atoms with E-state index in [1.807, 2.05) is 31.2 Å². The van der Waals surface area contributed by atoms with Crippen LogP contribution in [0, 0.1) is 0 Å². The van der Waals surface area contributed by atoms with Crippen molar-refractivity contribution in [3.8, 4) is 11.1 Å². The number of rotatable bonds is 6. The van der Waals surface area contributed by atoms with E-state index in [1.165, 1.54) is 11.8 Å². The summed E-state index contributed by atoms with van der Waals surface area (Å²) >= 11 is 3.03. The number of furan rings is 1. The van der Waals surface area contributed by atoms with Crippen LogP contribution in [0.3, 0.4) is 0 Å². The molecular formula is C20H17N3O2S2. The molecule has 7 heteroatoms. The Morgan fingerprint density at radius 1 is 1.22 bits per heavy atom. The molecular weight excluding hydrogens is 378 g/mol. The molecule has 1 amide bonds. The van der Waals surface area contributed by atoms with Crippen molar-refractivity contribution in [1.29, 1.82) is 0 Å². The second-order valence-corrected chi connectivity index (χ2v) is 8.12. The Hall–Kier alpha value is -2.64. The lowest BCUT2D eigenvalue weighted by Crippen LogP contribution is -2.30. The van der Waals surface area contributed by atoms with Crippen molar-refractivity contribution in [2.45, 2.75) is 23.7 Å². The van der Waals surface area contributed by atoms with Crippen LogP contribution in [0.4, 0.5) is 0 Å². The second kappa shape index (κ2) is 7.94.